The van der Waals surface area contributed by atoms with Crippen LogP contribution in [0.1, 0.15) is 47.2 Å². The number of ether oxygens (including phenoxy) is 1. The smallest absolute Gasteiger partial charge is 0.426 e. The number of nitrogen functional groups attached to an aromatic ring is 1. The average Bonchev–Trinajstić information content (AvgIpc) is 3.14. The molecule has 0 aromatic carbocycles. The van der Waals surface area contributed by atoms with Crippen LogP contribution in [0.15, 0.2) is 10.5 Å². The molecule has 2 rings (SSSR count). The lowest BCUT2D eigenvalue weighted by atomic mass is 10.0. The van der Waals surface area contributed by atoms with Crippen molar-refractivity contribution in [2.75, 3.05) is 12.8 Å². The van der Waals surface area contributed by atoms with Crippen molar-refractivity contribution in [1.82, 2.24) is 25.0 Å². The number of nitrogens with one attached hydrogen (secondary N) is 2. The molecule has 5 N–H and O–H groups in total. The van der Waals surface area contributed by atoms with Crippen molar-refractivity contribution in [3.63, 3.8) is 0 Å². The van der Waals surface area contributed by atoms with Gasteiger partial charge < -0.3 is 20.6 Å². The van der Waals surface area contributed by atoms with Gasteiger partial charge in [0.1, 0.15) is 17.3 Å². The molecule has 1 aromatic rings. The van der Waals surface area contributed by atoms with E-state index in [-0.39, 0.29) is 15.1 Å². The maximum absolute atomic E-state index is 13.0. The number of amides is 4. The number of carbonyl (C=O) groups excluding carboxylic acids is 4. The Labute approximate surface area is 217 Å². The van der Waals surface area contributed by atoms with Crippen LogP contribution < -0.4 is 16.5 Å². The molecule has 0 spiro atoms. The standard InChI is InChI=1S/C19H29N7O9S2/c1-9-11(14(28)26(9)37(31,32)33)22-13(27)12(10-8-36-16(20)21-10)24-35-19(5,6)15(29)25(7)23-17(30)34-18(2,3)4/h8-9,11H,1-7H3,(H2,20,21)(H,22,27)(H,23,30)(H,31,32,33)/t9-,11+/m1/s1. The van der Waals surface area contributed by atoms with Gasteiger partial charge in [-0.3, -0.25) is 23.9 Å². The van der Waals surface area contributed by atoms with Crippen LogP contribution in [0.2, 0.25) is 0 Å². The summed E-state index contributed by atoms with van der Waals surface area (Å²) in [5, 5.41) is 8.34. The summed E-state index contributed by atoms with van der Waals surface area (Å²) in [5.41, 5.74) is 4.82. The number of hydrogen-bond acceptors (Lipinski definition) is 12. The van der Waals surface area contributed by atoms with E-state index in [9.17, 15) is 27.6 Å². The second-order valence-electron chi connectivity index (χ2n) is 9.39. The molecule has 4 amide bonds. The minimum Gasteiger partial charge on any atom is -0.443 e. The van der Waals surface area contributed by atoms with E-state index in [1.165, 1.54) is 33.2 Å². The Morgan fingerprint density at radius 1 is 1.27 bits per heavy atom. The number of hydrogen-bond donors (Lipinski definition) is 4. The Balaban J connectivity index is 2.21. The molecule has 37 heavy (non-hydrogen) atoms. The van der Waals surface area contributed by atoms with Crippen molar-refractivity contribution in [3.8, 4) is 0 Å². The molecule has 0 aliphatic carbocycles. The highest BCUT2D eigenvalue weighted by molar-refractivity contribution is 7.84. The summed E-state index contributed by atoms with van der Waals surface area (Å²) in [6.45, 7) is 8.87. The van der Waals surface area contributed by atoms with Gasteiger partial charge in [-0.05, 0) is 41.5 Å². The molecule has 16 nitrogen and oxygen atoms in total. The number of β-lactam (4-membered cyclic amide) rings is 1. The van der Waals surface area contributed by atoms with Crippen molar-refractivity contribution in [2.24, 2.45) is 5.16 Å². The average molecular weight is 564 g/mol. The molecule has 1 aliphatic heterocycles. The van der Waals surface area contributed by atoms with Crippen LogP contribution in [0, 0.1) is 0 Å². The monoisotopic (exact) mass is 563 g/mol. The number of thiazole rings is 1. The zero-order valence-corrected chi connectivity index (χ0v) is 22.8. The first kappa shape index (κ1) is 29.7. The van der Waals surface area contributed by atoms with Gasteiger partial charge in [0.25, 0.3) is 17.7 Å². The number of oxime groups is 1. The van der Waals surface area contributed by atoms with Crippen molar-refractivity contribution in [2.45, 2.75) is 64.8 Å². The third-order valence-electron chi connectivity index (χ3n) is 4.69. The minimum absolute atomic E-state index is 0.0467. The van der Waals surface area contributed by atoms with Crippen molar-refractivity contribution >= 4 is 56.3 Å². The molecule has 18 heteroatoms. The van der Waals surface area contributed by atoms with Gasteiger partial charge in [0.15, 0.2) is 10.8 Å². The minimum atomic E-state index is -4.80. The first-order chi connectivity index (χ1) is 16.7. The van der Waals surface area contributed by atoms with Crippen LogP contribution >= 0.6 is 11.3 Å². The highest BCUT2D eigenvalue weighted by Crippen LogP contribution is 2.23. The van der Waals surface area contributed by atoms with Crippen LogP contribution in [-0.2, 0) is 34.3 Å². The number of anilines is 1. The number of nitrogens with two attached hydrogens (primary N) is 1. The topological polar surface area (TPSA) is 223 Å². The molecule has 2 heterocycles. The fraction of sp³-hybridized carbons (Fsp3) is 0.579. The summed E-state index contributed by atoms with van der Waals surface area (Å²) in [5.74, 6) is -2.83. The second-order valence-corrected chi connectivity index (χ2v) is 11.6. The first-order valence-electron chi connectivity index (χ1n) is 10.6. The predicted octanol–water partition coefficient (Wildman–Crippen LogP) is -0.359. The molecule has 0 bridgehead atoms. The van der Waals surface area contributed by atoms with E-state index in [1.807, 2.05) is 0 Å². The molecular formula is C19H29N7O9S2. The van der Waals surface area contributed by atoms with Gasteiger partial charge in [0, 0.05) is 12.4 Å². The summed E-state index contributed by atoms with van der Waals surface area (Å²) in [6.07, 6.45) is -0.890. The van der Waals surface area contributed by atoms with Crippen LogP contribution in [0.4, 0.5) is 9.93 Å². The Bertz CT molecular complexity index is 1220. The van der Waals surface area contributed by atoms with Crippen molar-refractivity contribution in [1.29, 1.82) is 0 Å². The fourth-order valence-electron chi connectivity index (χ4n) is 3.01. The van der Waals surface area contributed by atoms with E-state index < -0.39 is 63.1 Å². The molecule has 1 fully saturated rings. The Morgan fingerprint density at radius 3 is 2.32 bits per heavy atom. The van der Waals surface area contributed by atoms with Crippen LogP contribution in [0.3, 0.4) is 0 Å². The molecule has 0 saturated carbocycles. The van der Waals surface area contributed by atoms with Crippen LogP contribution in [0.25, 0.3) is 0 Å². The predicted molar refractivity (Wildman–Crippen MR) is 130 cm³/mol. The molecule has 1 saturated heterocycles. The van der Waals surface area contributed by atoms with E-state index in [0.717, 1.165) is 16.3 Å². The first-order valence-corrected chi connectivity index (χ1v) is 12.9. The summed E-state index contributed by atoms with van der Waals surface area (Å²) in [6, 6.07) is -2.38. The van der Waals surface area contributed by atoms with E-state index in [2.05, 4.69) is 20.9 Å². The summed E-state index contributed by atoms with van der Waals surface area (Å²) >= 11 is 0.976. The lowest BCUT2D eigenvalue weighted by Gasteiger charge is -2.42. The fourth-order valence-corrected chi connectivity index (χ4v) is 4.44. The number of likely N-dealkylation sites (N-methyl/N-ethyl adjacent to an activating group) is 1. The van der Waals surface area contributed by atoms with Gasteiger partial charge in [-0.15, -0.1) is 11.3 Å². The lowest BCUT2D eigenvalue weighted by Crippen LogP contribution is -2.71. The summed E-state index contributed by atoms with van der Waals surface area (Å²) < 4.78 is 37.0. The molecule has 206 valence electrons. The van der Waals surface area contributed by atoms with Gasteiger partial charge >= 0.3 is 16.4 Å². The van der Waals surface area contributed by atoms with E-state index in [1.54, 1.807) is 20.8 Å². The third kappa shape index (κ3) is 7.26. The normalized spacial score (nSPS) is 18.5. The van der Waals surface area contributed by atoms with Gasteiger partial charge in [-0.25, -0.2) is 19.5 Å². The Kier molecular flexibility index (Phi) is 8.40. The highest BCUT2D eigenvalue weighted by Gasteiger charge is 2.51. The van der Waals surface area contributed by atoms with E-state index in [0.29, 0.717) is 0 Å². The highest BCUT2D eigenvalue weighted by atomic mass is 32.2. The molecule has 1 aliphatic rings. The van der Waals surface area contributed by atoms with Crippen molar-refractivity contribution < 1.29 is 41.7 Å². The second kappa shape index (κ2) is 10.5. The van der Waals surface area contributed by atoms with E-state index in [4.69, 9.17) is 19.9 Å². The van der Waals surface area contributed by atoms with Gasteiger partial charge in [0.05, 0.1) is 6.04 Å². The molecule has 0 unspecified atom stereocenters. The molecule has 1 aromatic heterocycles. The quantitative estimate of drug-likeness (QED) is 0.145. The van der Waals surface area contributed by atoms with Crippen LogP contribution in [-0.4, -0.2) is 87.1 Å². The Hall–Kier alpha value is -3.51. The lowest BCUT2D eigenvalue weighted by molar-refractivity contribution is -0.155. The summed E-state index contributed by atoms with van der Waals surface area (Å²) in [4.78, 5) is 59.2. The third-order valence-corrected chi connectivity index (χ3v) is 6.38. The number of hydrazine groups is 1. The van der Waals surface area contributed by atoms with Crippen molar-refractivity contribution in [3.05, 3.63) is 11.1 Å². The zero-order chi connectivity index (χ0) is 28.5. The molecule has 2 atom stereocenters. The maximum Gasteiger partial charge on any atom is 0.426 e. The zero-order valence-electron chi connectivity index (χ0n) is 21.1. The SMILES string of the molecule is C[C@@H]1[C@H](NC(=O)C(=NOC(C)(C)C(=O)N(C)NC(=O)OC(C)(C)C)c2csc(N)n2)C(=O)N1S(=O)(=O)O. The van der Waals surface area contributed by atoms with Gasteiger partial charge in [-0.1, -0.05) is 5.16 Å². The largest absolute Gasteiger partial charge is 0.443 e. The van der Waals surface area contributed by atoms with Gasteiger partial charge in [-0.2, -0.15) is 8.42 Å². The number of nitrogens with zero attached hydrogens (tertiary/aromatic N) is 4. The number of rotatable bonds is 7. The molecular weight excluding hydrogens is 534 g/mol. The Morgan fingerprint density at radius 2 is 1.86 bits per heavy atom. The van der Waals surface area contributed by atoms with Crippen LogP contribution in [0.5, 0.6) is 0 Å². The number of aromatic nitrogens is 1. The van der Waals surface area contributed by atoms with E-state index >= 15 is 0 Å². The molecule has 0 radical (unpaired) electrons. The number of carbonyl (C=O) groups is 4. The maximum atomic E-state index is 13.0. The summed E-state index contributed by atoms with van der Waals surface area (Å²) in [7, 11) is -3.55. The van der Waals surface area contributed by atoms with Gasteiger partial charge in [0.2, 0.25) is 5.60 Å².